The highest BCUT2D eigenvalue weighted by molar-refractivity contribution is 5.55. The standard InChI is InChI=1S/C20H28N8O2/c1-13-9-18(27-26-13)23-17-12-19(30-8-7-29)25-20(24-17)22-14-10-15-3-4-16(11-14)28(15)6-2-5-21/h9,12,14-16,29H,2-4,6-8,10-11H2,1H3,(H3,22,23,24,25,26,27)/t14?,15-,16+. The molecule has 160 valence electrons. The summed E-state index contributed by atoms with van der Waals surface area (Å²) in [6.07, 6.45) is 4.96. The number of nitriles is 1. The summed E-state index contributed by atoms with van der Waals surface area (Å²) < 4.78 is 5.54. The van der Waals surface area contributed by atoms with Gasteiger partial charge in [0.05, 0.1) is 12.7 Å². The van der Waals surface area contributed by atoms with Crippen molar-refractivity contribution in [1.82, 2.24) is 25.1 Å². The number of anilines is 3. The molecule has 4 N–H and O–H groups in total. The number of hydrogen-bond donors (Lipinski definition) is 4. The van der Waals surface area contributed by atoms with E-state index in [0.717, 1.165) is 25.1 Å². The van der Waals surface area contributed by atoms with Gasteiger partial charge in [0.25, 0.3) is 0 Å². The maximum absolute atomic E-state index is 9.08. The van der Waals surface area contributed by atoms with E-state index >= 15 is 0 Å². The minimum absolute atomic E-state index is 0.0847. The third-order valence-electron chi connectivity index (χ3n) is 5.71. The SMILES string of the molecule is Cc1cc(Nc2cc(OCCO)nc(NC3C[C@H]4CC[C@@H](C3)N4CCC#N)n2)n[nH]1. The maximum atomic E-state index is 9.08. The highest BCUT2D eigenvalue weighted by Crippen LogP contribution is 2.36. The van der Waals surface area contributed by atoms with Gasteiger partial charge in [0.2, 0.25) is 11.8 Å². The Bertz CT molecular complexity index is 881. The largest absolute Gasteiger partial charge is 0.475 e. The molecule has 30 heavy (non-hydrogen) atoms. The molecule has 2 fully saturated rings. The number of hydrogen-bond acceptors (Lipinski definition) is 9. The predicted molar refractivity (Wildman–Crippen MR) is 112 cm³/mol. The number of rotatable bonds is 9. The number of nitrogens with one attached hydrogen (secondary N) is 3. The number of aryl methyl sites for hydroxylation is 1. The molecule has 2 bridgehead atoms. The lowest BCUT2D eigenvalue weighted by atomic mass is 9.97. The first-order valence-corrected chi connectivity index (χ1v) is 10.5. The molecule has 3 atom stereocenters. The monoisotopic (exact) mass is 412 g/mol. The summed E-state index contributed by atoms with van der Waals surface area (Å²) in [5, 5.41) is 31.7. The van der Waals surface area contributed by atoms with Crippen molar-refractivity contribution in [3.8, 4) is 11.9 Å². The molecule has 2 aromatic rings. The van der Waals surface area contributed by atoms with Gasteiger partial charge >= 0.3 is 0 Å². The second kappa shape index (κ2) is 9.28. The van der Waals surface area contributed by atoms with Crippen LogP contribution in [0, 0.1) is 18.3 Å². The molecule has 0 radical (unpaired) electrons. The highest BCUT2D eigenvalue weighted by atomic mass is 16.5. The fraction of sp³-hybridized carbons (Fsp3) is 0.600. The number of H-pyrrole nitrogens is 1. The van der Waals surface area contributed by atoms with Gasteiger partial charge in [-0.1, -0.05) is 0 Å². The Morgan fingerprint density at radius 2 is 2.07 bits per heavy atom. The van der Waals surface area contributed by atoms with Gasteiger partial charge in [-0.05, 0) is 32.6 Å². The van der Waals surface area contributed by atoms with Gasteiger partial charge in [-0.15, -0.1) is 0 Å². The van der Waals surface area contributed by atoms with E-state index in [1.807, 2.05) is 13.0 Å². The average molecular weight is 412 g/mol. The van der Waals surface area contributed by atoms with E-state index in [4.69, 9.17) is 15.1 Å². The molecule has 0 amide bonds. The van der Waals surface area contributed by atoms with Gasteiger partial charge < -0.3 is 20.5 Å². The van der Waals surface area contributed by atoms with E-state index in [2.05, 4.69) is 41.8 Å². The number of aliphatic hydroxyl groups excluding tert-OH is 1. The van der Waals surface area contributed by atoms with Gasteiger partial charge in [-0.2, -0.15) is 20.3 Å². The zero-order valence-electron chi connectivity index (χ0n) is 17.1. The predicted octanol–water partition coefficient (Wildman–Crippen LogP) is 1.94. The average Bonchev–Trinajstić information content (AvgIpc) is 3.23. The molecular formula is C20H28N8O2. The minimum atomic E-state index is -0.0847. The number of aromatic amines is 1. The molecule has 0 aromatic carbocycles. The lowest BCUT2D eigenvalue weighted by Gasteiger charge is -2.38. The van der Waals surface area contributed by atoms with Gasteiger partial charge in [-0.25, -0.2) is 0 Å². The van der Waals surface area contributed by atoms with Gasteiger partial charge in [-0.3, -0.25) is 10.00 Å². The van der Waals surface area contributed by atoms with Crippen LogP contribution in [0.1, 0.15) is 37.8 Å². The second-order valence-corrected chi connectivity index (χ2v) is 7.89. The first kappa shape index (κ1) is 20.4. The molecular weight excluding hydrogens is 384 g/mol. The Kier molecular flexibility index (Phi) is 6.30. The van der Waals surface area contributed by atoms with Crippen LogP contribution in [0.5, 0.6) is 5.88 Å². The Labute approximate surface area is 175 Å². The molecule has 0 aliphatic carbocycles. The van der Waals surface area contributed by atoms with Crippen LogP contribution in [0.3, 0.4) is 0 Å². The van der Waals surface area contributed by atoms with Crippen LogP contribution in [0.2, 0.25) is 0 Å². The summed E-state index contributed by atoms with van der Waals surface area (Å²) >= 11 is 0. The molecule has 2 saturated heterocycles. The van der Waals surface area contributed by atoms with Crippen LogP contribution in [0.4, 0.5) is 17.6 Å². The number of piperidine rings is 1. The molecule has 2 aromatic heterocycles. The van der Waals surface area contributed by atoms with E-state index in [0.29, 0.717) is 42.0 Å². The number of nitrogens with zero attached hydrogens (tertiary/aromatic N) is 5. The summed E-state index contributed by atoms with van der Waals surface area (Å²) in [5.41, 5.74) is 0.945. The Balaban J connectivity index is 1.46. The Morgan fingerprint density at radius 3 is 2.73 bits per heavy atom. The third kappa shape index (κ3) is 4.80. The van der Waals surface area contributed by atoms with Crippen LogP contribution in [0.25, 0.3) is 0 Å². The van der Waals surface area contributed by atoms with Crippen LogP contribution >= 0.6 is 0 Å². The summed E-state index contributed by atoms with van der Waals surface area (Å²) in [6, 6.07) is 7.13. The molecule has 0 spiro atoms. The van der Waals surface area contributed by atoms with Crippen LogP contribution in [0.15, 0.2) is 12.1 Å². The fourth-order valence-electron chi connectivity index (χ4n) is 4.51. The van der Waals surface area contributed by atoms with Crippen molar-refractivity contribution in [2.24, 2.45) is 0 Å². The Hall–Kier alpha value is -2.90. The first-order valence-electron chi connectivity index (χ1n) is 10.5. The van der Waals surface area contributed by atoms with Crippen molar-refractivity contribution >= 4 is 17.6 Å². The van der Waals surface area contributed by atoms with E-state index in [-0.39, 0.29) is 19.3 Å². The molecule has 10 nitrogen and oxygen atoms in total. The molecule has 4 rings (SSSR count). The summed E-state index contributed by atoms with van der Waals surface area (Å²) in [7, 11) is 0. The topological polar surface area (TPSA) is 135 Å². The zero-order valence-corrected chi connectivity index (χ0v) is 17.1. The van der Waals surface area contributed by atoms with E-state index < -0.39 is 0 Å². The molecule has 0 saturated carbocycles. The number of ether oxygens (including phenoxy) is 1. The van der Waals surface area contributed by atoms with Crippen LogP contribution in [-0.2, 0) is 0 Å². The number of aromatic nitrogens is 4. The minimum Gasteiger partial charge on any atom is -0.475 e. The van der Waals surface area contributed by atoms with Crippen LogP contribution < -0.4 is 15.4 Å². The summed E-state index contributed by atoms with van der Waals surface area (Å²) in [6.45, 7) is 2.87. The molecule has 10 heteroatoms. The van der Waals surface area contributed by atoms with E-state index in [1.54, 1.807) is 6.07 Å². The van der Waals surface area contributed by atoms with E-state index in [9.17, 15) is 0 Å². The Morgan fingerprint density at radius 1 is 1.27 bits per heavy atom. The van der Waals surface area contributed by atoms with Crippen molar-refractivity contribution in [3.05, 3.63) is 17.8 Å². The fourth-order valence-corrected chi connectivity index (χ4v) is 4.51. The normalized spacial score (nSPS) is 23.2. The molecule has 2 aliphatic rings. The van der Waals surface area contributed by atoms with Crippen molar-refractivity contribution in [3.63, 3.8) is 0 Å². The van der Waals surface area contributed by atoms with Gasteiger partial charge in [0.1, 0.15) is 12.4 Å². The zero-order chi connectivity index (χ0) is 20.9. The number of fused-ring (bicyclic) bond motifs is 2. The number of aliphatic hydroxyl groups is 1. The smallest absolute Gasteiger partial charge is 0.228 e. The summed E-state index contributed by atoms with van der Waals surface area (Å²) in [4.78, 5) is 11.6. The second-order valence-electron chi connectivity index (χ2n) is 7.89. The van der Waals surface area contributed by atoms with E-state index in [1.165, 1.54) is 12.8 Å². The van der Waals surface area contributed by atoms with Gasteiger partial charge in [0.15, 0.2) is 5.82 Å². The van der Waals surface area contributed by atoms with Crippen molar-refractivity contribution in [2.45, 2.75) is 57.2 Å². The highest BCUT2D eigenvalue weighted by Gasteiger charge is 2.40. The molecule has 4 heterocycles. The van der Waals surface area contributed by atoms with Crippen LogP contribution in [-0.4, -0.2) is 68.1 Å². The third-order valence-corrected chi connectivity index (χ3v) is 5.71. The lowest BCUT2D eigenvalue weighted by molar-refractivity contribution is 0.135. The quantitative estimate of drug-likeness (QED) is 0.487. The van der Waals surface area contributed by atoms with Gasteiger partial charge in [0, 0.05) is 48.9 Å². The molecule has 1 unspecified atom stereocenters. The first-order chi connectivity index (χ1) is 14.6. The van der Waals surface area contributed by atoms with Crippen molar-refractivity contribution in [2.75, 3.05) is 30.4 Å². The lowest BCUT2D eigenvalue weighted by Crippen LogP contribution is -2.47. The summed E-state index contributed by atoms with van der Waals surface area (Å²) in [5.74, 6) is 2.12. The molecule has 2 aliphatic heterocycles. The van der Waals surface area contributed by atoms with Crippen molar-refractivity contribution in [1.29, 1.82) is 5.26 Å². The maximum Gasteiger partial charge on any atom is 0.228 e. The van der Waals surface area contributed by atoms with Crippen molar-refractivity contribution < 1.29 is 9.84 Å².